The summed E-state index contributed by atoms with van der Waals surface area (Å²) in [6, 6.07) is 16.2. The van der Waals surface area contributed by atoms with Crippen LogP contribution in [0.4, 0.5) is 11.4 Å². The van der Waals surface area contributed by atoms with Crippen LogP contribution in [0.15, 0.2) is 84.0 Å². The fraction of sp³-hybridized carbons (Fsp3) is 0.316. The molecule has 3 aromatic carbocycles. The van der Waals surface area contributed by atoms with Gasteiger partial charge in [0, 0.05) is 33.6 Å². The summed E-state index contributed by atoms with van der Waals surface area (Å²) in [7, 11) is 0. The van der Waals surface area contributed by atoms with Crippen LogP contribution in [0.2, 0.25) is 0 Å². The number of para-hydroxylation sites is 1. The van der Waals surface area contributed by atoms with Crippen LogP contribution in [0.1, 0.15) is 80.8 Å². The second kappa shape index (κ2) is 10.8. The molecule has 9 nitrogen and oxygen atoms in total. The van der Waals surface area contributed by atoms with Gasteiger partial charge in [-0.1, -0.05) is 84.9 Å². The number of ketones is 2. The minimum atomic E-state index is -1.22. The lowest BCUT2D eigenvalue weighted by Gasteiger charge is -2.48. The van der Waals surface area contributed by atoms with Gasteiger partial charge in [0.15, 0.2) is 11.6 Å². The normalized spacial score (nSPS) is 21.4. The molecule has 0 spiro atoms. The first-order chi connectivity index (χ1) is 21.9. The van der Waals surface area contributed by atoms with E-state index in [1.165, 1.54) is 18.2 Å². The van der Waals surface area contributed by atoms with Gasteiger partial charge in [0.05, 0.1) is 33.3 Å². The van der Waals surface area contributed by atoms with Crippen LogP contribution in [0.3, 0.4) is 0 Å². The maximum atomic E-state index is 13.9. The Hall–Kier alpha value is -5.02. The molecular formula is C38H37N3O6. The van der Waals surface area contributed by atoms with E-state index in [9.17, 15) is 29.6 Å². The number of nitro groups is 1. The smallest absolute Gasteiger partial charge is 0.277 e. The second-order valence-corrected chi connectivity index (χ2v) is 14.8. The van der Waals surface area contributed by atoms with Crippen LogP contribution in [0, 0.1) is 26.4 Å². The van der Waals surface area contributed by atoms with E-state index in [1.54, 1.807) is 42.5 Å². The average molecular weight is 632 g/mol. The molecule has 9 heteroatoms. The van der Waals surface area contributed by atoms with Crippen molar-refractivity contribution in [3.63, 3.8) is 0 Å². The standard InChI is InChI=1S/C38H37N3O6/c1-36(2,3)26-17-22(19-38(7,34(26)44)37(4,5)6)35(45)40-28-12-8-10-20-14-15-27(39-31(20)28)30-32(42)24-16-21-11-9-13-29(41(46)47)23(21)18-25(24)33(30)43/h8-19,30,34,44H,1-7H3,(H,40,45). The van der Waals surface area contributed by atoms with E-state index in [4.69, 9.17) is 4.98 Å². The molecule has 6 rings (SSSR count). The summed E-state index contributed by atoms with van der Waals surface area (Å²) in [5.74, 6) is -2.51. The number of fused-ring (bicyclic) bond motifs is 3. The van der Waals surface area contributed by atoms with Gasteiger partial charge in [-0.2, -0.15) is 0 Å². The number of aromatic nitrogens is 1. The minimum absolute atomic E-state index is 0.125. The molecule has 240 valence electrons. The summed E-state index contributed by atoms with van der Waals surface area (Å²) in [5.41, 5.74) is 0.903. The van der Waals surface area contributed by atoms with Gasteiger partial charge in [-0.15, -0.1) is 0 Å². The van der Waals surface area contributed by atoms with E-state index < -0.39 is 39.3 Å². The molecular weight excluding hydrogens is 594 g/mol. The van der Waals surface area contributed by atoms with E-state index in [0.717, 1.165) is 5.57 Å². The van der Waals surface area contributed by atoms with Gasteiger partial charge < -0.3 is 10.4 Å². The van der Waals surface area contributed by atoms with E-state index in [0.29, 0.717) is 27.5 Å². The lowest BCUT2D eigenvalue weighted by atomic mass is 9.58. The van der Waals surface area contributed by atoms with Crippen LogP contribution in [-0.4, -0.2) is 38.6 Å². The van der Waals surface area contributed by atoms with E-state index >= 15 is 0 Å². The Morgan fingerprint density at radius 3 is 2.21 bits per heavy atom. The predicted octanol–water partition coefficient (Wildman–Crippen LogP) is 7.72. The number of pyridine rings is 1. The molecule has 2 aliphatic rings. The molecule has 0 aliphatic heterocycles. The fourth-order valence-corrected chi connectivity index (χ4v) is 6.59. The largest absolute Gasteiger partial charge is 0.388 e. The SMILES string of the molecule is CC(C)(C)C1=CC(C(=O)Nc2cccc3ccc(C4C(=O)c5cc6cccc([N+](=O)[O-])c6cc5C4=O)nc23)=CC(C)(C(C)(C)C)C1O. The summed E-state index contributed by atoms with van der Waals surface area (Å²) in [6.07, 6.45) is 2.82. The van der Waals surface area contributed by atoms with Gasteiger partial charge in [-0.3, -0.25) is 24.5 Å². The zero-order valence-corrected chi connectivity index (χ0v) is 27.5. The number of anilines is 1. The first kappa shape index (κ1) is 31.9. The molecule has 0 saturated heterocycles. The first-order valence-electron chi connectivity index (χ1n) is 15.6. The maximum Gasteiger partial charge on any atom is 0.277 e. The summed E-state index contributed by atoms with van der Waals surface area (Å²) < 4.78 is 0. The van der Waals surface area contributed by atoms with Crippen LogP contribution in [-0.2, 0) is 4.79 Å². The van der Waals surface area contributed by atoms with Crippen LogP contribution >= 0.6 is 0 Å². The third-order valence-electron chi connectivity index (χ3n) is 9.91. The van der Waals surface area contributed by atoms with Crippen molar-refractivity contribution in [2.24, 2.45) is 16.2 Å². The topological polar surface area (TPSA) is 140 Å². The van der Waals surface area contributed by atoms with Crippen molar-refractivity contribution in [1.82, 2.24) is 4.98 Å². The number of non-ortho nitro benzene ring substituents is 1. The fourth-order valence-electron chi connectivity index (χ4n) is 6.59. The molecule has 4 aromatic rings. The van der Waals surface area contributed by atoms with Crippen molar-refractivity contribution < 1.29 is 24.4 Å². The highest BCUT2D eigenvalue weighted by molar-refractivity contribution is 6.31. The molecule has 3 unspecified atom stereocenters. The quantitative estimate of drug-likeness (QED) is 0.133. The zero-order valence-electron chi connectivity index (χ0n) is 27.5. The number of carbonyl (C=O) groups excluding carboxylic acids is 3. The van der Waals surface area contributed by atoms with Crippen molar-refractivity contribution in [2.75, 3.05) is 5.32 Å². The van der Waals surface area contributed by atoms with E-state index in [2.05, 4.69) is 5.32 Å². The Kier molecular flexibility index (Phi) is 7.32. The number of benzene rings is 3. The van der Waals surface area contributed by atoms with Gasteiger partial charge in [0.1, 0.15) is 5.92 Å². The number of aliphatic hydroxyl groups excluding tert-OH is 1. The van der Waals surface area contributed by atoms with E-state index in [1.807, 2.05) is 60.6 Å². The summed E-state index contributed by atoms with van der Waals surface area (Å²) >= 11 is 0. The lowest BCUT2D eigenvalue weighted by molar-refractivity contribution is -0.383. The summed E-state index contributed by atoms with van der Waals surface area (Å²) in [5, 5.41) is 27.6. The Balaban J connectivity index is 1.39. The molecule has 1 aromatic heterocycles. The van der Waals surface area contributed by atoms with Crippen molar-refractivity contribution in [3.05, 3.63) is 111 Å². The molecule has 47 heavy (non-hydrogen) atoms. The Morgan fingerprint density at radius 1 is 0.936 bits per heavy atom. The van der Waals surface area contributed by atoms with Crippen molar-refractivity contribution in [2.45, 2.75) is 60.5 Å². The molecule has 0 fully saturated rings. The van der Waals surface area contributed by atoms with Crippen molar-refractivity contribution in [1.29, 1.82) is 0 Å². The number of hydrogen-bond acceptors (Lipinski definition) is 7. The number of amides is 1. The number of carbonyl (C=O) groups is 3. The van der Waals surface area contributed by atoms with Crippen LogP contribution < -0.4 is 5.32 Å². The second-order valence-electron chi connectivity index (χ2n) is 14.8. The maximum absolute atomic E-state index is 13.9. The van der Waals surface area contributed by atoms with Gasteiger partial charge in [-0.25, -0.2) is 4.98 Å². The Bertz CT molecular complexity index is 2110. The Morgan fingerprint density at radius 2 is 1.57 bits per heavy atom. The number of rotatable bonds is 4. The lowest BCUT2D eigenvalue weighted by Crippen LogP contribution is -2.47. The first-order valence-corrected chi connectivity index (χ1v) is 15.6. The molecule has 2 N–H and O–H groups in total. The highest BCUT2D eigenvalue weighted by Crippen LogP contribution is 2.51. The third-order valence-corrected chi connectivity index (χ3v) is 9.91. The number of nitrogens with one attached hydrogen (secondary N) is 1. The molecule has 1 heterocycles. The summed E-state index contributed by atoms with van der Waals surface area (Å²) in [6.45, 7) is 14.1. The molecule has 3 atom stereocenters. The minimum Gasteiger partial charge on any atom is -0.388 e. The third kappa shape index (κ3) is 5.15. The average Bonchev–Trinajstić information content (AvgIpc) is 3.24. The van der Waals surface area contributed by atoms with Gasteiger partial charge in [0.2, 0.25) is 0 Å². The van der Waals surface area contributed by atoms with Gasteiger partial charge >= 0.3 is 0 Å². The number of Topliss-reactive ketones (excluding diaryl/α,β-unsaturated/α-hetero) is 2. The number of nitro benzene ring substituents is 1. The zero-order chi connectivity index (χ0) is 34.2. The number of nitrogens with zero attached hydrogens (tertiary/aromatic N) is 2. The number of hydrogen-bond donors (Lipinski definition) is 2. The number of aliphatic hydroxyl groups is 1. The molecule has 0 bridgehead atoms. The highest BCUT2D eigenvalue weighted by atomic mass is 16.6. The molecule has 1 amide bonds. The molecule has 2 aliphatic carbocycles. The molecule has 0 saturated carbocycles. The van der Waals surface area contributed by atoms with Crippen LogP contribution in [0.25, 0.3) is 21.7 Å². The van der Waals surface area contributed by atoms with Crippen LogP contribution in [0.5, 0.6) is 0 Å². The van der Waals surface area contributed by atoms with Crippen molar-refractivity contribution in [3.8, 4) is 0 Å². The Labute approximate surface area is 272 Å². The summed E-state index contributed by atoms with van der Waals surface area (Å²) in [4.78, 5) is 57.1. The molecule has 0 radical (unpaired) electrons. The van der Waals surface area contributed by atoms with Gasteiger partial charge in [-0.05, 0) is 52.1 Å². The highest BCUT2D eigenvalue weighted by Gasteiger charge is 2.48. The van der Waals surface area contributed by atoms with Crippen molar-refractivity contribution >= 4 is 50.5 Å². The predicted molar refractivity (Wildman–Crippen MR) is 182 cm³/mol. The van der Waals surface area contributed by atoms with Gasteiger partial charge in [0.25, 0.3) is 11.6 Å². The monoisotopic (exact) mass is 631 g/mol. The van der Waals surface area contributed by atoms with E-state index in [-0.39, 0.29) is 39.2 Å².